The second-order valence-electron chi connectivity index (χ2n) is 3.55. The van der Waals surface area contributed by atoms with Gasteiger partial charge in [-0.25, -0.2) is 0 Å². The quantitative estimate of drug-likeness (QED) is 0.691. The van der Waals surface area contributed by atoms with E-state index in [1.807, 2.05) is 13.2 Å². The van der Waals surface area contributed by atoms with Gasteiger partial charge in [0, 0.05) is 37.2 Å². The van der Waals surface area contributed by atoms with E-state index in [9.17, 15) is 4.79 Å². The van der Waals surface area contributed by atoms with Crippen molar-refractivity contribution >= 4 is 11.6 Å². The Bertz CT molecular complexity index is 499. The van der Waals surface area contributed by atoms with Gasteiger partial charge in [-0.2, -0.15) is 5.10 Å². The van der Waals surface area contributed by atoms with Gasteiger partial charge >= 0.3 is 0 Å². The number of nitrogens with zero attached hydrogens (tertiary/aromatic N) is 2. The summed E-state index contributed by atoms with van der Waals surface area (Å²) in [7, 11) is 1.83. The lowest BCUT2D eigenvalue weighted by Gasteiger charge is -2.00. The summed E-state index contributed by atoms with van der Waals surface area (Å²) < 4.78 is 1.69. The molecule has 2 rings (SSSR count). The maximum Gasteiger partial charge on any atom is 0.268 e. The number of nitrogens with one attached hydrogen (secondary N) is 2. The molecule has 0 aliphatic rings. The average molecular weight is 219 g/mol. The molecule has 0 fully saturated rings. The Balaban J connectivity index is 1.93. The van der Waals surface area contributed by atoms with Crippen LogP contribution in [0.5, 0.6) is 0 Å². The maximum absolute atomic E-state index is 11.6. The number of aryl methyl sites for hydroxylation is 1. The van der Waals surface area contributed by atoms with Gasteiger partial charge in [-0.05, 0) is 6.07 Å². The van der Waals surface area contributed by atoms with Gasteiger partial charge in [0.1, 0.15) is 5.69 Å². The van der Waals surface area contributed by atoms with Crippen molar-refractivity contribution < 1.29 is 4.79 Å². The van der Waals surface area contributed by atoms with Crippen molar-refractivity contribution in [2.75, 3.05) is 5.73 Å². The van der Waals surface area contributed by atoms with Gasteiger partial charge in [0.05, 0.1) is 6.20 Å². The molecule has 0 saturated carbocycles. The third-order valence-electron chi connectivity index (χ3n) is 2.16. The van der Waals surface area contributed by atoms with Crippen molar-refractivity contribution in [3.05, 3.63) is 35.9 Å². The molecule has 0 bridgehead atoms. The lowest BCUT2D eigenvalue weighted by molar-refractivity contribution is 0.0946. The number of carbonyl (C=O) groups excluding carboxylic acids is 1. The molecule has 0 spiro atoms. The standard InChI is InChI=1S/C10H13N5O/c1-15-6-7(4-14-15)3-13-10(16)9-2-8(11)5-12-9/h2,4-6,12H,3,11H2,1H3,(H,13,16). The Morgan fingerprint density at radius 3 is 3.06 bits per heavy atom. The van der Waals surface area contributed by atoms with Crippen molar-refractivity contribution in [3.8, 4) is 0 Å². The zero-order valence-corrected chi connectivity index (χ0v) is 8.90. The van der Waals surface area contributed by atoms with Crippen LogP contribution in [0.4, 0.5) is 5.69 Å². The molecule has 6 heteroatoms. The summed E-state index contributed by atoms with van der Waals surface area (Å²) in [5, 5.41) is 6.77. The Hall–Kier alpha value is -2.24. The molecule has 0 saturated heterocycles. The monoisotopic (exact) mass is 219 g/mol. The van der Waals surface area contributed by atoms with Crippen LogP contribution in [0.2, 0.25) is 0 Å². The SMILES string of the molecule is Cn1cc(CNC(=O)c2cc(N)c[nH]2)cn1. The van der Waals surface area contributed by atoms with Gasteiger partial charge in [-0.1, -0.05) is 0 Å². The lowest BCUT2D eigenvalue weighted by atomic mass is 10.3. The highest BCUT2D eigenvalue weighted by atomic mass is 16.1. The third kappa shape index (κ3) is 2.22. The molecular weight excluding hydrogens is 206 g/mol. The Morgan fingerprint density at radius 2 is 2.50 bits per heavy atom. The minimum atomic E-state index is -0.180. The number of aromatic amines is 1. The van der Waals surface area contributed by atoms with E-state index in [-0.39, 0.29) is 5.91 Å². The molecule has 84 valence electrons. The molecule has 0 aliphatic carbocycles. The maximum atomic E-state index is 11.6. The van der Waals surface area contributed by atoms with Gasteiger partial charge in [-0.3, -0.25) is 9.48 Å². The van der Waals surface area contributed by atoms with Crippen LogP contribution in [0.3, 0.4) is 0 Å². The number of H-pyrrole nitrogens is 1. The largest absolute Gasteiger partial charge is 0.397 e. The molecule has 0 unspecified atom stereocenters. The zero-order chi connectivity index (χ0) is 11.5. The summed E-state index contributed by atoms with van der Waals surface area (Å²) in [6.45, 7) is 0.450. The van der Waals surface area contributed by atoms with Crippen molar-refractivity contribution in [3.63, 3.8) is 0 Å². The van der Waals surface area contributed by atoms with Crippen molar-refractivity contribution in [2.24, 2.45) is 7.05 Å². The third-order valence-corrected chi connectivity index (χ3v) is 2.16. The minimum absolute atomic E-state index is 0.180. The van der Waals surface area contributed by atoms with Crippen molar-refractivity contribution in [2.45, 2.75) is 6.54 Å². The molecule has 4 N–H and O–H groups in total. The highest BCUT2D eigenvalue weighted by Crippen LogP contribution is 2.04. The number of aromatic nitrogens is 3. The Kier molecular flexibility index (Phi) is 2.63. The van der Waals surface area contributed by atoms with Gasteiger partial charge < -0.3 is 16.0 Å². The summed E-state index contributed by atoms with van der Waals surface area (Å²) in [6, 6.07) is 1.60. The van der Waals surface area contributed by atoms with Crippen LogP contribution >= 0.6 is 0 Å². The van der Waals surface area contributed by atoms with E-state index >= 15 is 0 Å². The fraction of sp³-hybridized carbons (Fsp3) is 0.200. The fourth-order valence-electron chi connectivity index (χ4n) is 1.38. The van der Waals surface area contributed by atoms with E-state index in [0.29, 0.717) is 17.9 Å². The average Bonchev–Trinajstić information content (AvgIpc) is 2.84. The summed E-state index contributed by atoms with van der Waals surface area (Å²) in [4.78, 5) is 14.4. The van der Waals surface area contributed by atoms with Gasteiger partial charge in [0.15, 0.2) is 0 Å². The van der Waals surface area contributed by atoms with E-state index in [1.165, 1.54) is 0 Å². The minimum Gasteiger partial charge on any atom is -0.397 e. The van der Waals surface area contributed by atoms with E-state index in [2.05, 4.69) is 15.4 Å². The number of nitrogens with two attached hydrogens (primary N) is 1. The fourth-order valence-corrected chi connectivity index (χ4v) is 1.38. The summed E-state index contributed by atoms with van der Waals surface area (Å²) in [6.07, 6.45) is 5.14. The van der Waals surface area contributed by atoms with Crippen LogP contribution in [-0.4, -0.2) is 20.7 Å². The first-order valence-electron chi connectivity index (χ1n) is 4.85. The molecule has 0 radical (unpaired) electrons. The molecule has 2 aromatic heterocycles. The van der Waals surface area contributed by atoms with E-state index in [0.717, 1.165) is 5.56 Å². The summed E-state index contributed by atoms with van der Waals surface area (Å²) in [5.74, 6) is -0.180. The second-order valence-corrected chi connectivity index (χ2v) is 3.55. The van der Waals surface area contributed by atoms with Gasteiger partial charge in [0.2, 0.25) is 0 Å². The molecule has 0 aliphatic heterocycles. The van der Waals surface area contributed by atoms with E-state index < -0.39 is 0 Å². The van der Waals surface area contributed by atoms with Crippen LogP contribution in [0.15, 0.2) is 24.7 Å². The number of nitrogen functional groups attached to an aromatic ring is 1. The molecule has 16 heavy (non-hydrogen) atoms. The predicted octanol–water partition coefficient (Wildman–Crippen LogP) is 0.260. The van der Waals surface area contributed by atoms with Crippen molar-refractivity contribution in [1.29, 1.82) is 0 Å². The predicted molar refractivity (Wildman–Crippen MR) is 59.6 cm³/mol. The lowest BCUT2D eigenvalue weighted by Crippen LogP contribution is -2.22. The molecule has 6 nitrogen and oxygen atoms in total. The second kappa shape index (κ2) is 4.09. The van der Waals surface area contributed by atoms with Crippen LogP contribution < -0.4 is 11.1 Å². The molecule has 0 aromatic carbocycles. The molecule has 2 aromatic rings. The Morgan fingerprint density at radius 1 is 1.69 bits per heavy atom. The molecular formula is C10H13N5O. The highest BCUT2D eigenvalue weighted by molar-refractivity contribution is 5.93. The normalized spacial score (nSPS) is 10.3. The van der Waals surface area contributed by atoms with E-state index in [4.69, 9.17) is 5.73 Å². The number of amides is 1. The van der Waals surface area contributed by atoms with Crippen LogP contribution in [0, 0.1) is 0 Å². The van der Waals surface area contributed by atoms with E-state index in [1.54, 1.807) is 23.1 Å². The number of hydrogen-bond acceptors (Lipinski definition) is 3. The topological polar surface area (TPSA) is 88.7 Å². The zero-order valence-electron chi connectivity index (χ0n) is 8.90. The first kappa shape index (κ1) is 10.3. The number of hydrogen-bond donors (Lipinski definition) is 3. The highest BCUT2D eigenvalue weighted by Gasteiger charge is 2.07. The van der Waals surface area contributed by atoms with Gasteiger partial charge in [-0.15, -0.1) is 0 Å². The molecule has 0 atom stereocenters. The van der Waals surface area contributed by atoms with Crippen LogP contribution in [0.1, 0.15) is 16.1 Å². The first-order valence-corrected chi connectivity index (χ1v) is 4.85. The van der Waals surface area contributed by atoms with Crippen LogP contribution in [0.25, 0.3) is 0 Å². The van der Waals surface area contributed by atoms with Gasteiger partial charge in [0.25, 0.3) is 5.91 Å². The summed E-state index contributed by atoms with van der Waals surface area (Å²) in [5.41, 5.74) is 7.46. The number of rotatable bonds is 3. The molecule has 2 heterocycles. The van der Waals surface area contributed by atoms with Crippen molar-refractivity contribution in [1.82, 2.24) is 20.1 Å². The smallest absolute Gasteiger partial charge is 0.268 e. The Labute approximate surface area is 92.5 Å². The number of carbonyl (C=O) groups is 1. The summed E-state index contributed by atoms with van der Waals surface area (Å²) >= 11 is 0. The molecule has 1 amide bonds. The number of anilines is 1. The first-order chi connectivity index (χ1) is 7.65. The van der Waals surface area contributed by atoms with Crippen LogP contribution in [-0.2, 0) is 13.6 Å².